The van der Waals surface area contributed by atoms with Crippen LogP contribution in [0.25, 0.3) is 0 Å². The number of hydrogen-bond donors (Lipinski definition) is 3. The van der Waals surface area contributed by atoms with Crippen molar-refractivity contribution in [3.63, 3.8) is 0 Å². The number of nitrogens with zero attached hydrogens (tertiary/aromatic N) is 1. The largest absolute Gasteiger partial charge is 0.494 e. The van der Waals surface area contributed by atoms with Crippen LogP contribution in [0.15, 0.2) is 84.9 Å². The Morgan fingerprint density at radius 1 is 0.850 bits per heavy atom. The Morgan fingerprint density at radius 2 is 1.48 bits per heavy atom. The van der Waals surface area contributed by atoms with E-state index in [9.17, 15) is 24.0 Å². The number of carbonyl (C=O) groups is 5. The fourth-order valence-electron chi connectivity index (χ4n) is 8.45. The van der Waals surface area contributed by atoms with Crippen LogP contribution in [-0.4, -0.2) is 85.5 Å². The number of ketones is 1. The number of amides is 4. The number of rotatable bonds is 17. The lowest BCUT2D eigenvalue weighted by Crippen LogP contribution is -2.68. The molecule has 0 saturated carbocycles. The predicted octanol–water partition coefficient (Wildman–Crippen LogP) is 5.76. The second kappa shape index (κ2) is 20.6. The lowest BCUT2D eigenvalue weighted by Gasteiger charge is -2.44. The molecule has 2 fully saturated rings. The first-order valence-electron chi connectivity index (χ1n) is 21.9. The van der Waals surface area contributed by atoms with Crippen LogP contribution < -0.4 is 31.1 Å². The first-order valence-corrected chi connectivity index (χ1v) is 23.8. The third kappa shape index (κ3) is 10.9. The lowest BCUT2D eigenvalue weighted by molar-refractivity contribution is -0.144. The summed E-state index contributed by atoms with van der Waals surface area (Å²) in [5.41, 5.74) is -0.511. The van der Waals surface area contributed by atoms with Gasteiger partial charge in [-0.05, 0) is 85.5 Å². The Hall–Kier alpha value is -4.81. The van der Waals surface area contributed by atoms with Crippen LogP contribution in [-0.2, 0) is 34.8 Å². The maximum atomic E-state index is 14.2. The van der Waals surface area contributed by atoms with Crippen molar-refractivity contribution in [2.24, 2.45) is 0 Å². The molecule has 4 amide bonds. The number of ether oxygens (including phenoxy) is 1. The standard InChI is InChI=1S/C48H66N4O7Si/c1-8-32-58-36-29-27-35(28-30-36)33-40-45(56)52-31-19-25-41(52)44(55)49-39(43(54)51-48(7,9-2)46(57)50-40)24-17-12-18-26-42(53)34(3)59-60(47(4,5)6,37-20-13-10-14-21-37)38-22-15-11-16-23-38/h10-11,13-16,20-23,27-30,34,39-41H,8-9,12,17-19,24-26,31-33H2,1-7H3,(H,49,55)(H,50,57)(H,51,54)/t34-,39+,40+,41-,48+/m1/s1. The van der Waals surface area contributed by atoms with Gasteiger partial charge >= 0.3 is 0 Å². The average molecular weight is 839 g/mol. The monoisotopic (exact) mass is 838 g/mol. The van der Waals surface area contributed by atoms with Crippen LogP contribution in [0.2, 0.25) is 5.04 Å². The highest BCUT2D eigenvalue weighted by Crippen LogP contribution is 2.38. The Labute approximate surface area is 357 Å². The molecule has 12 heteroatoms. The lowest BCUT2D eigenvalue weighted by atomic mass is 9.94. The molecule has 0 aromatic heterocycles. The average Bonchev–Trinajstić information content (AvgIpc) is 3.74. The van der Waals surface area contributed by atoms with Gasteiger partial charge in [0.15, 0.2) is 5.78 Å². The molecule has 2 heterocycles. The molecule has 324 valence electrons. The molecule has 2 aliphatic heterocycles. The molecule has 60 heavy (non-hydrogen) atoms. The molecule has 0 radical (unpaired) electrons. The van der Waals surface area contributed by atoms with Gasteiger partial charge in [-0.3, -0.25) is 24.0 Å². The number of hydrogen-bond acceptors (Lipinski definition) is 7. The summed E-state index contributed by atoms with van der Waals surface area (Å²) in [4.78, 5) is 71.3. The molecule has 3 N–H and O–H groups in total. The topological polar surface area (TPSA) is 143 Å². The Bertz CT molecular complexity index is 1880. The number of benzene rings is 3. The van der Waals surface area contributed by atoms with Gasteiger partial charge in [-0.1, -0.05) is 120 Å². The minimum Gasteiger partial charge on any atom is -0.494 e. The third-order valence-electron chi connectivity index (χ3n) is 12.2. The van der Waals surface area contributed by atoms with Crippen LogP contribution in [0.3, 0.4) is 0 Å². The normalized spacial score (nSPS) is 22.1. The highest BCUT2D eigenvalue weighted by molar-refractivity contribution is 6.99. The van der Waals surface area contributed by atoms with E-state index in [1.165, 1.54) is 0 Å². The van der Waals surface area contributed by atoms with Gasteiger partial charge in [-0.15, -0.1) is 0 Å². The molecule has 0 unspecified atom stereocenters. The van der Waals surface area contributed by atoms with Crippen LogP contribution in [0.1, 0.15) is 112 Å². The summed E-state index contributed by atoms with van der Waals surface area (Å²) in [5.74, 6) is -0.886. The van der Waals surface area contributed by atoms with Crippen molar-refractivity contribution in [3.8, 4) is 5.75 Å². The molecule has 3 aromatic carbocycles. The van der Waals surface area contributed by atoms with Gasteiger partial charge in [0.1, 0.15) is 35.5 Å². The quantitative estimate of drug-likeness (QED) is 0.116. The molecule has 0 spiro atoms. The summed E-state index contributed by atoms with van der Waals surface area (Å²) >= 11 is 0. The SMILES string of the molecule is CCCOc1ccc(C[C@@H]2NC(=O)[C@](C)(CC)NC(=O)[C@H](CCCCCC(=O)[C@@H](C)O[Si](c3ccccc3)(c3ccccc3)C(C)(C)C)NC(=O)[C@H]3CCCN3C2=O)cc1. The molecule has 3 aromatic rings. The Kier molecular flexibility index (Phi) is 15.9. The van der Waals surface area contributed by atoms with Crippen molar-refractivity contribution in [1.82, 2.24) is 20.9 Å². The van der Waals surface area contributed by atoms with Crippen LogP contribution in [0.5, 0.6) is 5.75 Å². The zero-order chi connectivity index (χ0) is 43.5. The summed E-state index contributed by atoms with van der Waals surface area (Å²) in [5, 5.41) is 10.8. The summed E-state index contributed by atoms with van der Waals surface area (Å²) in [7, 11) is -2.91. The fourth-order valence-corrected chi connectivity index (χ4v) is 13.1. The molecule has 5 atom stereocenters. The molecule has 2 saturated heterocycles. The predicted molar refractivity (Wildman–Crippen MR) is 238 cm³/mol. The zero-order valence-corrected chi connectivity index (χ0v) is 37.7. The van der Waals surface area contributed by atoms with Crippen LogP contribution in [0.4, 0.5) is 0 Å². The second-order valence-electron chi connectivity index (χ2n) is 17.6. The zero-order valence-electron chi connectivity index (χ0n) is 36.7. The summed E-state index contributed by atoms with van der Waals surface area (Å²) in [6.45, 7) is 14.9. The van der Waals surface area contributed by atoms with E-state index < -0.39 is 49.9 Å². The van der Waals surface area contributed by atoms with Gasteiger partial charge in [0.2, 0.25) is 23.6 Å². The molecule has 0 aliphatic carbocycles. The highest BCUT2D eigenvalue weighted by Gasteiger charge is 2.51. The maximum absolute atomic E-state index is 14.2. The van der Waals surface area contributed by atoms with Crippen molar-refractivity contribution >= 4 is 48.1 Å². The number of carbonyl (C=O) groups excluding carboxylic acids is 5. The van der Waals surface area contributed by atoms with Gasteiger partial charge in [0.05, 0.1) is 6.61 Å². The fraction of sp³-hybridized carbons (Fsp3) is 0.521. The van der Waals surface area contributed by atoms with Crippen molar-refractivity contribution in [2.45, 2.75) is 147 Å². The minimum atomic E-state index is -2.91. The van der Waals surface area contributed by atoms with Gasteiger partial charge in [-0.25, -0.2) is 0 Å². The first-order chi connectivity index (χ1) is 28.6. The summed E-state index contributed by atoms with van der Waals surface area (Å²) in [6, 6.07) is 25.3. The smallest absolute Gasteiger partial charge is 0.262 e. The van der Waals surface area contributed by atoms with E-state index in [1.54, 1.807) is 18.7 Å². The maximum Gasteiger partial charge on any atom is 0.262 e. The summed E-state index contributed by atoms with van der Waals surface area (Å²) < 4.78 is 12.8. The van der Waals surface area contributed by atoms with Crippen molar-refractivity contribution < 1.29 is 33.1 Å². The first kappa shape index (κ1) is 46.3. The van der Waals surface area contributed by atoms with E-state index in [4.69, 9.17) is 9.16 Å². The van der Waals surface area contributed by atoms with E-state index in [1.807, 2.05) is 74.5 Å². The number of fused-ring (bicyclic) bond motifs is 1. The molecule has 11 nitrogen and oxygen atoms in total. The summed E-state index contributed by atoms with van der Waals surface area (Å²) in [6.07, 6.45) is 4.22. The van der Waals surface area contributed by atoms with Crippen molar-refractivity contribution in [3.05, 3.63) is 90.5 Å². The minimum absolute atomic E-state index is 0.0204. The van der Waals surface area contributed by atoms with E-state index in [-0.39, 0.29) is 35.5 Å². The van der Waals surface area contributed by atoms with Gasteiger partial charge in [-0.2, -0.15) is 0 Å². The van der Waals surface area contributed by atoms with E-state index >= 15 is 0 Å². The number of Topliss-reactive ketones (excluding diaryl/α,β-unsaturated/α-hetero) is 1. The molecule has 5 rings (SSSR count). The number of unbranched alkanes of at least 4 members (excludes halogenated alkanes) is 2. The molecular formula is C48H66N4O7Si. The second-order valence-corrected chi connectivity index (χ2v) is 21.9. The third-order valence-corrected chi connectivity index (χ3v) is 17.3. The van der Waals surface area contributed by atoms with Crippen molar-refractivity contribution in [1.29, 1.82) is 0 Å². The van der Waals surface area contributed by atoms with Crippen LogP contribution >= 0.6 is 0 Å². The Morgan fingerprint density at radius 3 is 2.07 bits per heavy atom. The van der Waals surface area contributed by atoms with Crippen molar-refractivity contribution in [2.75, 3.05) is 13.2 Å². The van der Waals surface area contributed by atoms with E-state index in [0.717, 1.165) is 28.1 Å². The Balaban J connectivity index is 1.24. The molecule has 0 bridgehead atoms. The van der Waals surface area contributed by atoms with E-state index in [2.05, 4.69) is 61.0 Å². The van der Waals surface area contributed by atoms with Gasteiger partial charge in [0.25, 0.3) is 8.32 Å². The number of nitrogens with one attached hydrogen (secondary N) is 3. The highest BCUT2D eigenvalue weighted by atomic mass is 28.4. The van der Waals surface area contributed by atoms with Gasteiger partial charge < -0.3 is 30.0 Å². The molecular weight excluding hydrogens is 773 g/mol. The van der Waals surface area contributed by atoms with E-state index in [0.29, 0.717) is 58.1 Å². The van der Waals surface area contributed by atoms with Crippen LogP contribution in [0, 0.1) is 0 Å². The molecule has 2 aliphatic rings. The van der Waals surface area contributed by atoms with Gasteiger partial charge in [0, 0.05) is 19.4 Å².